The number of rotatable bonds is 5. The van der Waals surface area contributed by atoms with Gasteiger partial charge in [-0.1, -0.05) is 6.08 Å². The fourth-order valence-corrected chi connectivity index (χ4v) is 0.692. The molecular weight excluding hydrogens is 174 g/mol. The Labute approximate surface area is 76.0 Å². The monoisotopic (exact) mass is 187 g/mol. The predicted octanol–water partition coefficient (Wildman–Crippen LogP) is 0.344. The number of Topliss-reactive ketones (excluding diaryl/α,β-unsaturated/α-hetero) is 1. The van der Waals surface area contributed by atoms with Gasteiger partial charge in [-0.15, -0.1) is 0 Å². The van der Waals surface area contributed by atoms with Crippen LogP contribution >= 0.6 is 0 Å². The molecule has 74 valence electrons. The molecule has 0 fully saturated rings. The first-order chi connectivity index (χ1) is 5.99. The first-order valence-corrected chi connectivity index (χ1v) is 3.79. The summed E-state index contributed by atoms with van der Waals surface area (Å²) in [6.07, 6.45) is 1.56. The summed E-state index contributed by atoms with van der Waals surface area (Å²) in [6, 6.07) is -0.727. The number of ketones is 1. The van der Waals surface area contributed by atoms with Crippen LogP contribution in [0, 0.1) is 0 Å². The van der Waals surface area contributed by atoms with E-state index in [9.17, 15) is 9.59 Å². The summed E-state index contributed by atoms with van der Waals surface area (Å²) in [4.78, 5) is 21.1. The quantitative estimate of drug-likeness (QED) is 0.427. The molecule has 0 radical (unpaired) electrons. The van der Waals surface area contributed by atoms with Crippen molar-refractivity contribution in [1.82, 2.24) is 5.48 Å². The molecule has 0 spiro atoms. The van der Waals surface area contributed by atoms with Gasteiger partial charge in [-0.25, -0.2) is 4.79 Å². The minimum Gasteiger partial charge on any atom is -0.478 e. The van der Waals surface area contributed by atoms with Gasteiger partial charge in [-0.2, -0.15) is 5.48 Å². The zero-order valence-corrected chi connectivity index (χ0v) is 7.57. The second-order valence-electron chi connectivity index (χ2n) is 2.72. The molecule has 5 nitrogen and oxygen atoms in total. The maximum atomic E-state index is 10.8. The van der Waals surface area contributed by atoms with Crippen molar-refractivity contribution in [3.8, 4) is 0 Å². The molecule has 0 aliphatic heterocycles. The smallest absolute Gasteiger partial charge is 0.330 e. The summed E-state index contributed by atoms with van der Waals surface area (Å²) in [5.41, 5.74) is 1.96. The lowest BCUT2D eigenvalue weighted by atomic mass is 10.1. The summed E-state index contributed by atoms with van der Waals surface area (Å²) in [7, 11) is 0. The standard InChI is InChI=1S/C8H13NO4/c1-5(8(11)12)3-4-7(9-13)6(2)10/h3,7,9,13H,4H2,1-2H3,(H,11,12). The number of aliphatic carboxylic acids is 1. The molecule has 0 saturated heterocycles. The van der Waals surface area contributed by atoms with Crippen LogP contribution in [-0.2, 0) is 9.59 Å². The number of carboxylic acids is 1. The Bertz CT molecular complexity index is 234. The van der Waals surface area contributed by atoms with Crippen LogP contribution in [0.25, 0.3) is 0 Å². The fourth-order valence-electron chi connectivity index (χ4n) is 0.692. The molecule has 0 amide bonds. The minimum absolute atomic E-state index is 0.154. The average molecular weight is 187 g/mol. The number of nitrogens with one attached hydrogen (secondary N) is 1. The molecule has 0 saturated carbocycles. The van der Waals surface area contributed by atoms with Gasteiger partial charge in [0.15, 0.2) is 0 Å². The van der Waals surface area contributed by atoms with Gasteiger partial charge in [0.05, 0.1) is 6.04 Å². The minimum atomic E-state index is -1.03. The second kappa shape index (κ2) is 5.45. The van der Waals surface area contributed by atoms with E-state index in [1.54, 1.807) is 0 Å². The Morgan fingerprint density at radius 1 is 1.46 bits per heavy atom. The van der Waals surface area contributed by atoms with Crippen molar-refractivity contribution in [2.45, 2.75) is 26.3 Å². The summed E-state index contributed by atoms with van der Waals surface area (Å²) in [5, 5.41) is 17.0. The molecule has 0 aliphatic rings. The van der Waals surface area contributed by atoms with Crippen LogP contribution in [0.3, 0.4) is 0 Å². The van der Waals surface area contributed by atoms with Crippen LogP contribution < -0.4 is 5.48 Å². The highest BCUT2D eigenvalue weighted by Crippen LogP contribution is 2.00. The van der Waals surface area contributed by atoms with Crippen molar-refractivity contribution in [3.05, 3.63) is 11.6 Å². The van der Waals surface area contributed by atoms with Gasteiger partial charge < -0.3 is 10.3 Å². The SMILES string of the molecule is CC(=O)C(CC=C(C)C(=O)O)NO. The zero-order chi connectivity index (χ0) is 10.4. The average Bonchev–Trinajstić information content (AvgIpc) is 2.04. The van der Waals surface area contributed by atoms with Crippen LogP contribution in [0.2, 0.25) is 0 Å². The van der Waals surface area contributed by atoms with Gasteiger partial charge in [0.1, 0.15) is 5.78 Å². The summed E-state index contributed by atoms with van der Waals surface area (Å²) in [5.74, 6) is -1.27. The van der Waals surface area contributed by atoms with Crippen molar-refractivity contribution in [1.29, 1.82) is 0 Å². The number of carboxylic acid groups (broad SMARTS) is 1. The largest absolute Gasteiger partial charge is 0.478 e. The number of hydrogen-bond donors (Lipinski definition) is 3. The maximum absolute atomic E-state index is 10.8. The highest BCUT2D eigenvalue weighted by Gasteiger charge is 2.11. The second-order valence-corrected chi connectivity index (χ2v) is 2.72. The number of carbonyl (C=O) groups excluding carboxylic acids is 1. The van der Waals surface area contributed by atoms with E-state index in [1.807, 2.05) is 5.48 Å². The van der Waals surface area contributed by atoms with E-state index in [2.05, 4.69) is 0 Å². The molecule has 0 heterocycles. The normalized spacial score (nSPS) is 13.9. The number of carbonyl (C=O) groups is 2. The van der Waals surface area contributed by atoms with Crippen LogP contribution in [0.4, 0.5) is 0 Å². The Balaban J connectivity index is 4.19. The van der Waals surface area contributed by atoms with E-state index in [-0.39, 0.29) is 17.8 Å². The van der Waals surface area contributed by atoms with E-state index in [0.29, 0.717) is 0 Å². The van der Waals surface area contributed by atoms with Crippen molar-refractivity contribution in [3.63, 3.8) is 0 Å². The number of hydroxylamine groups is 1. The highest BCUT2D eigenvalue weighted by molar-refractivity contribution is 5.86. The molecule has 1 unspecified atom stereocenters. The van der Waals surface area contributed by atoms with Crippen molar-refractivity contribution in [2.75, 3.05) is 0 Å². The Hall–Kier alpha value is -1.20. The van der Waals surface area contributed by atoms with E-state index in [0.717, 1.165) is 0 Å². The maximum Gasteiger partial charge on any atom is 0.330 e. The van der Waals surface area contributed by atoms with E-state index >= 15 is 0 Å². The van der Waals surface area contributed by atoms with Crippen molar-refractivity contribution < 1.29 is 19.9 Å². The van der Waals surface area contributed by atoms with Gasteiger partial charge in [0, 0.05) is 5.57 Å². The lowest BCUT2D eigenvalue weighted by Gasteiger charge is -2.07. The van der Waals surface area contributed by atoms with Crippen molar-refractivity contribution in [2.24, 2.45) is 0 Å². The van der Waals surface area contributed by atoms with Gasteiger partial charge in [0.2, 0.25) is 0 Å². The fraction of sp³-hybridized carbons (Fsp3) is 0.500. The van der Waals surface area contributed by atoms with E-state index < -0.39 is 12.0 Å². The van der Waals surface area contributed by atoms with Crippen LogP contribution in [0.1, 0.15) is 20.3 Å². The Morgan fingerprint density at radius 2 is 2.00 bits per heavy atom. The molecule has 13 heavy (non-hydrogen) atoms. The topological polar surface area (TPSA) is 86.6 Å². The molecule has 1 atom stereocenters. The summed E-state index contributed by atoms with van der Waals surface area (Å²) < 4.78 is 0. The molecular formula is C8H13NO4. The molecule has 3 N–H and O–H groups in total. The predicted molar refractivity (Wildman–Crippen MR) is 45.4 cm³/mol. The Kier molecular flexibility index (Phi) is 4.94. The third-order valence-electron chi connectivity index (χ3n) is 1.64. The highest BCUT2D eigenvalue weighted by atomic mass is 16.5. The van der Waals surface area contributed by atoms with Gasteiger partial charge in [0.25, 0.3) is 0 Å². The van der Waals surface area contributed by atoms with E-state index in [4.69, 9.17) is 10.3 Å². The van der Waals surface area contributed by atoms with Gasteiger partial charge in [-0.3, -0.25) is 4.79 Å². The molecule has 0 aromatic heterocycles. The van der Waals surface area contributed by atoms with E-state index in [1.165, 1.54) is 19.9 Å². The lowest BCUT2D eigenvalue weighted by Crippen LogP contribution is -2.32. The molecule has 0 aromatic carbocycles. The van der Waals surface area contributed by atoms with Gasteiger partial charge in [-0.05, 0) is 20.3 Å². The number of hydrogen-bond acceptors (Lipinski definition) is 4. The molecule has 0 bridgehead atoms. The van der Waals surface area contributed by atoms with Crippen LogP contribution in [-0.4, -0.2) is 28.1 Å². The van der Waals surface area contributed by atoms with Crippen molar-refractivity contribution >= 4 is 11.8 Å². The van der Waals surface area contributed by atoms with Crippen LogP contribution in [0.15, 0.2) is 11.6 Å². The van der Waals surface area contributed by atoms with Gasteiger partial charge >= 0.3 is 5.97 Å². The van der Waals surface area contributed by atoms with Crippen LogP contribution in [0.5, 0.6) is 0 Å². The zero-order valence-electron chi connectivity index (χ0n) is 7.57. The molecule has 5 heteroatoms. The lowest BCUT2D eigenvalue weighted by molar-refractivity contribution is -0.132. The Morgan fingerprint density at radius 3 is 2.31 bits per heavy atom. The molecule has 0 aliphatic carbocycles. The third-order valence-corrected chi connectivity index (χ3v) is 1.64. The summed E-state index contributed by atoms with van der Waals surface area (Å²) >= 11 is 0. The first kappa shape index (κ1) is 11.8. The molecule has 0 rings (SSSR count). The first-order valence-electron chi connectivity index (χ1n) is 3.79. The molecule has 0 aromatic rings. The summed E-state index contributed by atoms with van der Waals surface area (Å²) in [6.45, 7) is 2.74. The third kappa shape index (κ3) is 4.39.